The molecule has 1 aromatic rings. The maximum Gasteiger partial charge on any atom is 0.255 e. The minimum Gasteiger partial charge on any atom is -0.496 e. The predicted octanol–water partition coefficient (Wildman–Crippen LogP) is 1.49. The minimum atomic E-state index is -3.67. The average Bonchev–Trinajstić information content (AvgIpc) is 2.61. The molecule has 2 rings (SSSR count). The van der Waals surface area contributed by atoms with Crippen molar-refractivity contribution in [3.63, 3.8) is 0 Å². The molecular formula is C17H26N2O5S. The monoisotopic (exact) mass is 370 g/mol. The summed E-state index contributed by atoms with van der Waals surface area (Å²) in [6.45, 7) is 7.26. The molecule has 1 fully saturated rings. The first-order valence-corrected chi connectivity index (χ1v) is 9.78. The fourth-order valence-electron chi connectivity index (χ4n) is 2.41. The Morgan fingerprint density at radius 1 is 1.24 bits per heavy atom. The van der Waals surface area contributed by atoms with E-state index < -0.39 is 10.0 Å². The third-order valence-corrected chi connectivity index (χ3v) is 6.28. The number of carbonyl (C=O) groups excluding carboxylic acids is 1. The van der Waals surface area contributed by atoms with E-state index >= 15 is 0 Å². The Morgan fingerprint density at radius 2 is 1.88 bits per heavy atom. The van der Waals surface area contributed by atoms with E-state index in [1.807, 2.05) is 20.8 Å². The van der Waals surface area contributed by atoms with E-state index in [9.17, 15) is 13.2 Å². The topological polar surface area (TPSA) is 84.9 Å². The fourth-order valence-corrected chi connectivity index (χ4v) is 3.85. The van der Waals surface area contributed by atoms with Gasteiger partial charge in [-0.05, 0) is 31.0 Å². The summed E-state index contributed by atoms with van der Waals surface area (Å²) >= 11 is 0. The summed E-state index contributed by atoms with van der Waals surface area (Å²) in [5.41, 5.74) is 0.212. The Morgan fingerprint density at radius 3 is 2.44 bits per heavy atom. The second kappa shape index (κ2) is 8.16. The van der Waals surface area contributed by atoms with E-state index in [-0.39, 0.29) is 28.3 Å². The third kappa shape index (κ3) is 4.50. The molecule has 1 aliphatic rings. The SMILES string of the molecule is COc1ccc(S(=O)(=O)N2CCOCC2)cc1C(=O)N[C@H](C)C(C)C. The summed E-state index contributed by atoms with van der Waals surface area (Å²) in [5.74, 6) is 0.252. The predicted molar refractivity (Wildman–Crippen MR) is 94.3 cm³/mol. The van der Waals surface area contributed by atoms with Crippen LogP contribution in [0, 0.1) is 5.92 Å². The fraction of sp³-hybridized carbons (Fsp3) is 0.588. The molecule has 1 saturated heterocycles. The molecule has 1 aliphatic heterocycles. The summed E-state index contributed by atoms with van der Waals surface area (Å²) < 4.78 is 37.4. The maximum absolute atomic E-state index is 12.8. The van der Waals surface area contributed by atoms with Gasteiger partial charge in [0.2, 0.25) is 10.0 Å². The number of hydrogen-bond donors (Lipinski definition) is 1. The zero-order valence-corrected chi connectivity index (χ0v) is 15.9. The zero-order chi connectivity index (χ0) is 18.6. The molecule has 0 aliphatic carbocycles. The van der Waals surface area contributed by atoms with E-state index in [2.05, 4.69) is 5.32 Å². The van der Waals surface area contributed by atoms with Gasteiger partial charge in [0.15, 0.2) is 0 Å². The molecule has 0 radical (unpaired) electrons. The Labute approximate surface area is 149 Å². The molecule has 0 unspecified atom stereocenters. The van der Waals surface area contributed by atoms with Crippen molar-refractivity contribution in [2.75, 3.05) is 33.4 Å². The van der Waals surface area contributed by atoms with Crippen LogP contribution in [0.2, 0.25) is 0 Å². The summed E-state index contributed by atoms with van der Waals surface area (Å²) in [6.07, 6.45) is 0. The van der Waals surface area contributed by atoms with E-state index in [1.54, 1.807) is 0 Å². The van der Waals surface area contributed by atoms with Crippen molar-refractivity contribution in [3.8, 4) is 5.75 Å². The van der Waals surface area contributed by atoms with Crippen LogP contribution in [0.15, 0.2) is 23.1 Å². The molecule has 1 atom stereocenters. The van der Waals surface area contributed by atoms with E-state index in [0.717, 1.165) is 0 Å². The van der Waals surface area contributed by atoms with Crippen LogP contribution in [0.4, 0.5) is 0 Å². The van der Waals surface area contributed by atoms with Crippen LogP contribution < -0.4 is 10.1 Å². The molecule has 1 aromatic carbocycles. The van der Waals surface area contributed by atoms with Crippen molar-refractivity contribution in [2.24, 2.45) is 5.92 Å². The summed E-state index contributed by atoms with van der Waals surface area (Å²) in [5, 5.41) is 2.88. The summed E-state index contributed by atoms with van der Waals surface area (Å²) in [7, 11) is -2.22. The highest BCUT2D eigenvalue weighted by atomic mass is 32.2. The van der Waals surface area contributed by atoms with Crippen molar-refractivity contribution in [2.45, 2.75) is 31.7 Å². The Kier molecular flexibility index (Phi) is 6.42. The van der Waals surface area contributed by atoms with Crippen molar-refractivity contribution < 1.29 is 22.7 Å². The Balaban J connectivity index is 2.34. The highest BCUT2D eigenvalue weighted by Crippen LogP contribution is 2.25. The highest BCUT2D eigenvalue weighted by molar-refractivity contribution is 7.89. The molecule has 7 nitrogen and oxygen atoms in total. The van der Waals surface area contributed by atoms with Crippen LogP contribution in [0.5, 0.6) is 5.75 Å². The molecule has 8 heteroatoms. The van der Waals surface area contributed by atoms with Gasteiger partial charge in [0, 0.05) is 19.1 Å². The highest BCUT2D eigenvalue weighted by Gasteiger charge is 2.28. The van der Waals surface area contributed by atoms with Crippen molar-refractivity contribution >= 4 is 15.9 Å². The van der Waals surface area contributed by atoms with Crippen LogP contribution in [-0.2, 0) is 14.8 Å². The molecule has 1 N–H and O–H groups in total. The van der Waals surface area contributed by atoms with Gasteiger partial charge in [0.1, 0.15) is 5.75 Å². The first-order chi connectivity index (χ1) is 11.8. The third-order valence-electron chi connectivity index (χ3n) is 4.38. The average molecular weight is 370 g/mol. The van der Waals surface area contributed by atoms with Crippen LogP contribution in [0.25, 0.3) is 0 Å². The number of methoxy groups -OCH3 is 1. The number of morpholine rings is 1. The molecule has 0 saturated carbocycles. The lowest BCUT2D eigenvalue weighted by Crippen LogP contribution is -2.40. The van der Waals surface area contributed by atoms with Gasteiger partial charge in [-0.2, -0.15) is 4.31 Å². The van der Waals surface area contributed by atoms with Crippen molar-refractivity contribution in [1.82, 2.24) is 9.62 Å². The second-order valence-electron chi connectivity index (χ2n) is 6.38. The lowest BCUT2D eigenvalue weighted by Gasteiger charge is -2.26. The quantitative estimate of drug-likeness (QED) is 0.820. The maximum atomic E-state index is 12.8. The largest absolute Gasteiger partial charge is 0.496 e. The van der Waals surface area contributed by atoms with Crippen LogP contribution >= 0.6 is 0 Å². The van der Waals surface area contributed by atoms with E-state index in [0.29, 0.717) is 32.1 Å². The lowest BCUT2D eigenvalue weighted by molar-refractivity contribution is 0.0730. The molecular weight excluding hydrogens is 344 g/mol. The minimum absolute atomic E-state index is 0.0447. The van der Waals surface area contributed by atoms with Crippen LogP contribution in [0.1, 0.15) is 31.1 Å². The number of carbonyl (C=O) groups is 1. The lowest BCUT2D eigenvalue weighted by atomic mass is 10.1. The van der Waals surface area contributed by atoms with Gasteiger partial charge < -0.3 is 14.8 Å². The smallest absolute Gasteiger partial charge is 0.255 e. The summed E-state index contributed by atoms with van der Waals surface area (Å²) in [4.78, 5) is 12.7. The number of benzene rings is 1. The molecule has 25 heavy (non-hydrogen) atoms. The van der Waals surface area contributed by atoms with Crippen LogP contribution in [-0.4, -0.2) is 58.1 Å². The number of sulfonamides is 1. The first kappa shape index (κ1) is 19.7. The molecule has 1 heterocycles. The number of ether oxygens (including phenoxy) is 2. The van der Waals surface area contributed by atoms with E-state index in [4.69, 9.17) is 9.47 Å². The normalized spacial score (nSPS) is 17.3. The van der Waals surface area contributed by atoms with Crippen LogP contribution in [0.3, 0.4) is 0 Å². The van der Waals surface area contributed by atoms with Crippen molar-refractivity contribution in [1.29, 1.82) is 0 Å². The van der Waals surface area contributed by atoms with Gasteiger partial charge in [0.05, 0.1) is 30.8 Å². The van der Waals surface area contributed by atoms with Gasteiger partial charge in [0.25, 0.3) is 5.91 Å². The molecule has 0 bridgehead atoms. The molecule has 140 valence electrons. The van der Waals surface area contributed by atoms with Gasteiger partial charge in [-0.1, -0.05) is 13.8 Å². The Hall–Kier alpha value is -1.64. The van der Waals surface area contributed by atoms with Gasteiger partial charge >= 0.3 is 0 Å². The number of nitrogens with one attached hydrogen (secondary N) is 1. The van der Waals surface area contributed by atoms with Gasteiger partial charge in [-0.3, -0.25) is 4.79 Å². The molecule has 0 aromatic heterocycles. The summed E-state index contributed by atoms with van der Waals surface area (Å²) in [6, 6.07) is 4.32. The standard InChI is InChI=1S/C17H26N2O5S/c1-12(2)13(3)18-17(20)15-11-14(5-6-16(15)23-4)25(21,22)19-7-9-24-10-8-19/h5-6,11-13H,7-10H2,1-4H3,(H,18,20)/t13-/m1/s1. The second-order valence-corrected chi connectivity index (χ2v) is 8.32. The number of nitrogens with zero attached hydrogens (tertiary/aromatic N) is 1. The number of amides is 1. The van der Waals surface area contributed by atoms with Gasteiger partial charge in [-0.25, -0.2) is 8.42 Å². The number of hydrogen-bond acceptors (Lipinski definition) is 5. The van der Waals surface area contributed by atoms with E-state index in [1.165, 1.54) is 29.6 Å². The van der Waals surface area contributed by atoms with Gasteiger partial charge in [-0.15, -0.1) is 0 Å². The number of rotatable bonds is 6. The first-order valence-electron chi connectivity index (χ1n) is 8.34. The zero-order valence-electron chi connectivity index (χ0n) is 15.1. The molecule has 1 amide bonds. The van der Waals surface area contributed by atoms with Crippen molar-refractivity contribution in [3.05, 3.63) is 23.8 Å². The molecule has 0 spiro atoms. The Bertz CT molecular complexity index is 712.